The topological polar surface area (TPSA) is 129 Å². The molecule has 0 aliphatic rings. The Kier molecular flexibility index (Phi) is 7.26. The fourth-order valence-corrected chi connectivity index (χ4v) is 5.03. The number of nitrogens with two attached hydrogens (primary N) is 2. The lowest BCUT2D eigenvalue weighted by molar-refractivity contribution is 0.0527. The summed E-state index contributed by atoms with van der Waals surface area (Å²) in [7, 11) is 1.90. The van der Waals surface area contributed by atoms with Gasteiger partial charge in [-0.2, -0.15) is 0 Å². The van der Waals surface area contributed by atoms with Crippen molar-refractivity contribution in [2.45, 2.75) is 24.1 Å². The number of ether oxygens (including phenoxy) is 1. The molecule has 0 saturated heterocycles. The number of phenolic OH excluding ortho intramolecular Hbond substituents is 1. The highest BCUT2D eigenvalue weighted by Crippen LogP contribution is 2.42. The molecule has 0 fully saturated rings. The number of rotatable bonds is 8. The summed E-state index contributed by atoms with van der Waals surface area (Å²) in [5.41, 5.74) is 14.9. The third-order valence-electron chi connectivity index (χ3n) is 5.68. The number of carbonyl (C=O) groups excluding carboxylic acids is 1. The lowest BCUT2D eigenvalue weighted by Gasteiger charge is -2.12. The molecule has 4 rings (SSSR count). The first kappa shape index (κ1) is 24.2. The third kappa shape index (κ3) is 4.95. The van der Waals surface area contributed by atoms with E-state index in [1.807, 2.05) is 54.1 Å². The van der Waals surface area contributed by atoms with Gasteiger partial charge in [0.2, 0.25) is 0 Å². The SMILES string of the molecule is CCOC(=O)c1c(CSc2ccccc2)n(C)c2cc(-c3cccnc3)c(O)c(CN=C(N)N)c12. The van der Waals surface area contributed by atoms with Gasteiger partial charge in [0.05, 0.1) is 24.2 Å². The van der Waals surface area contributed by atoms with Crippen molar-refractivity contribution >= 4 is 34.6 Å². The van der Waals surface area contributed by atoms with Gasteiger partial charge in [-0.3, -0.25) is 4.98 Å². The number of carbonyl (C=O) groups is 1. The monoisotopic (exact) mass is 489 g/mol. The van der Waals surface area contributed by atoms with E-state index in [2.05, 4.69) is 9.98 Å². The van der Waals surface area contributed by atoms with E-state index in [9.17, 15) is 9.90 Å². The number of nitrogens with zero attached hydrogens (tertiary/aromatic N) is 3. The average molecular weight is 490 g/mol. The number of hydrogen-bond donors (Lipinski definition) is 3. The minimum atomic E-state index is -0.457. The molecular formula is C26H27N5O3S. The summed E-state index contributed by atoms with van der Waals surface area (Å²) in [6.07, 6.45) is 3.34. The average Bonchev–Trinajstić information content (AvgIpc) is 3.14. The fraction of sp³-hybridized carbons (Fsp3) is 0.192. The Labute approximate surface area is 207 Å². The zero-order valence-corrected chi connectivity index (χ0v) is 20.4. The van der Waals surface area contributed by atoms with Crippen LogP contribution in [0.2, 0.25) is 0 Å². The number of guanidine groups is 1. The summed E-state index contributed by atoms with van der Waals surface area (Å²) >= 11 is 1.61. The van der Waals surface area contributed by atoms with E-state index in [4.69, 9.17) is 16.2 Å². The van der Waals surface area contributed by atoms with Gasteiger partial charge in [-0.05, 0) is 31.2 Å². The molecule has 2 heterocycles. The second-order valence-electron chi connectivity index (χ2n) is 7.83. The van der Waals surface area contributed by atoms with Crippen LogP contribution >= 0.6 is 11.8 Å². The number of aromatic nitrogens is 2. The first-order valence-corrected chi connectivity index (χ1v) is 12.1. The van der Waals surface area contributed by atoms with Crippen LogP contribution in [0.4, 0.5) is 0 Å². The van der Waals surface area contributed by atoms with Crippen molar-refractivity contribution in [2.75, 3.05) is 6.61 Å². The molecule has 0 radical (unpaired) electrons. The second-order valence-corrected chi connectivity index (χ2v) is 8.88. The number of aryl methyl sites for hydroxylation is 1. The molecule has 9 heteroatoms. The molecule has 0 unspecified atom stereocenters. The Morgan fingerprint density at radius 2 is 1.97 bits per heavy atom. The highest BCUT2D eigenvalue weighted by Gasteiger charge is 2.27. The molecule has 0 aliphatic carbocycles. The van der Waals surface area contributed by atoms with Crippen LogP contribution in [-0.2, 0) is 24.1 Å². The van der Waals surface area contributed by atoms with E-state index in [1.165, 1.54) is 0 Å². The summed E-state index contributed by atoms with van der Waals surface area (Å²) in [6, 6.07) is 15.5. The number of benzene rings is 2. The first-order valence-electron chi connectivity index (χ1n) is 11.1. The van der Waals surface area contributed by atoms with Gasteiger partial charge in [0, 0.05) is 57.9 Å². The minimum absolute atomic E-state index is 0.000452. The van der Waals surface area contributed by atoms with Crippen LogP contribution in [0.25, 0.3) is 22.0 Å². The highest BCUT2D eigenvalue weighted by atomic mass is 32.2. The Morgan fingerprint density at radius 1 is 1.20 bits per heavy atom. The van der Waals surface area contributed by atoms with E-state index in [0.29, 0.717) is 27.8 Å². The van der Waals surface area contributed by atoms with Crippen molar-refractivity contribution in [3.8, 4) is 16.9 Å². The van der Waals surface area contributed by atoms with Crippen LogP contribution in [-0.4, -0.2) is 33.2 Å². The standard InChI is InChI=1S/C26H27N5O3S/c1-3-34-25(33)23-21(15-35-17-9-5-4-6-10-17)31(2)20-12-18(16-8-7-11-29-13-16)24(32)19(22(20)23)14-30-26(27)28/h4-13,32H,3,14-15H2,1-2H3,(H4,27,28,30). The smallest absolute Gasteiger partial charge is 0.340 e. The van der Waals surface area contributed by atoms with Gasteiger partial charge in [0.15, 0.2) is 5.96 Å². The Hall–Kier alpha value is -3.98. The zero-order chi connectivity index (χ0) is 24.9. The molecule has 0 saturated carbocycles. The number of aromatic hydroxyl groups is 1. The minimum Gasteiger partial charge on any atom is -0.507 e. The van der Waals surface area contributed by atoms with E-state index >= 15 is 0 Å². The molecular weight excluding hydrogens is 462 g/mol. The van der Waals surface area contributed by atoms with Crippen molar-refractivity contribution in [1.82, 2.24) is 9.55 Å². The van der Waals surface area contributed by atoms with Crippen LogP contribution < -0.4 is 11.5 Å². The van der Waals surface area contributed by atoms with Crippen molar-refractivity contribution in [3.63, 3.8) is 0 Å². The number of hydrogen-bond acceptors (Lipinski definition) is 6. The van der Waals surface area contributed by atoms with Gasteiger partial charge < -0.3 is 25.9 Å². The van der Waals surface area contributed by atoms with Crippen LogP contribution in [0.1, 0.15) is 28.5 Å². The number of aliphatic imine (C=N–C) groups is 1. The van der Waals surface area contributed by atoms with E-state index in [0.717, 1.165) is 21.7 Å². The fourth-order valence-electron chi connectivity index (χ4n) is 4.04. The molecule has 2 aromatic carbocycles. The molecule has 0 spiro atoms. The number of esters is 1. The van der Waals surface area contributed by atoms with Gasteiger partial charge in [0.1, 0.15) is 5.75 Å². The third-order valence-corrected chi connectivity index (χ3v) is 6.70. The van der Waals surface area contributed by atoms with E-state index < -0.39 is 5.97 Å². The summed E-state index contributed by atoms with van der Waals surface area (Å²) in [6.45, 7) is 1.99. The Bertz CT molecular complexity index is 1380. The van der Waals surface area contributed by atoms with Crippen molar-refractivity contribution < 1.29 is 14.6 Å². The summed E-state index contributed by atoms with van der Waals surface area (Å²) < 4.78 is 7.41. The molecule has 180 valence electrons. The molecule has 0 aliphatic heterocycles. The number of pyridine rings is 1. The maximum Gasteiger partial charge on any atom is 0.340 e. The van der Waals surface area contributed by atoms with Crippen molar-refractivity contribution in [2.24, 2.45) is 23.5 Å². The lowest BCUT2D eigenvalue weighted by atomic mass is 9.97. The van der Waals surface area contributed by atoms with Crippen LogP contribution in [0.15, 0.2) is 70.8 Å². The number of thioether (sulfide) groups is 1. The van der Waals surface area contributed by atoms with Gasteiger partial charge >= 0.3 is 5.97 Å². The molecule has 35 heavy (non-hydrogen) atoms. The van der Waals surface area contributed by atoms with Crippen LogP contribution in [0.5, 0.6) is 5.75 Å². The summed E-state index contributed by atoms with van der Waals surface area (Å²) in [5.74, 6) is -0.0541. The molecule has 0 bridgehead atoms. The predicted molar refractivity (Wildman–Crippen MR) is 139 cm³/mol. The zero-order valence-electron chi connectivity index (χ0n) is 19.6. The number of fused-ring (bicyclic) bond motifs is 1. The Balaban J connectivity index is 1.99. The molecule has 0 atom stereocenters. The molecule has 8 nitrogen and oxygen atoms in total. The molecule has 2 aromatic heterocycles. The first-order chi connectivity index (χ1) is 16.9. The summed E-state index contributed by atoms with van der Waals surface area (Å²) in [4.78, 5) is 22.6. The maximum atomic E-state index is 13.2. The van der Waals surface area contributed by atoms with Gasteiger partial charge in [-0.15, -0.1) is 11.8 Å². The Morgan fingerprint density at radius 3 is 2.63 bits per heavy atom. The van der Waals surface area contributed by atoms with E-state index in [-0.39, 0.29) is 24.9 Å². The normalized spacial score (nSPS) is 10.9. The lowest BCUT2D eigenvalue weighted by Crippen LogP contribution is -2.22. The van der Waals surface area contributed by atoms with Crippen LogP contribution in [0.3, 0.4) is 0 Å². The molecule has 5 N–H and O–H groups in total. The predicted octanol–water partition coefficient (Wildman–Crippen LogP) is 4.19. The summed E-state index contributed by atoms with van der Waals surface area (Å²) in [5, 5.41) is 11.9. The largest absolute Gasteiger partial charge is 0.507 e. The second kappa shape index (κ2) is 10.5. The van der Waals surface area contributed by atoms with Gasteiger partial charge in [-0.1, -0.05) is 24.3 Å². The van der Waals surface area contributed by atoms with Crippen molar-refractivity contribution in [3.05, 3.63) is 77.7 Å². The quantitative estimate of drug-likeness (QED) is 0.146. The molecule has 0 amide bonds. The van der Waals surface area contributed by atoms with E-state index in [1.54, 1.807) is 37.1 Å². The van der Waals surface area contributed by atoms with Gasteiger partial charge in [-0.25, -0.2) is 9.79 Å². The molecule has 4 aromatic rings. The number of phenols is 1. The van der Waals surface area contributed by atoms with Gasteiger partial charge in [0.25, 0.3) is 0 Å². The highest BCUT2D eigenvalue weighted by molar-refractivity contribution is 7.98. The van der Waals surface area contributed by atoms with Crippen LogP contribution in [0, 0.1) is 0 Å². The maximum absolute atomic E-state index is 13.2. The van der Waals surface area contributed by atoms with Crippen molar-refractivity contribution in [1.29, 1.82) is 0 Å².